The lowest BCUT2D eigenvalue weighted by molar-refractivity contribution is -0.129. The number of carbonyl (C=O) groups excluding carboxylic acids is 1. The quantitative estimate of drug-likeness (QED) is 0.653. The van der Waals surface area contributed by atoms with Gasteiger partial charge in [0.25, 0.3) is 0 Å². The molecule has 1 aliphatic heterocycles. The van der Waals surface area contributed by atoms with Gasteiger partial charge in [-0.3, -0.25) is 4.79 Å². The summed E-state index contributed by atoms with van der Waals surface area (Å²) in [6, 6.07) is 0.403. The first-order chi connectivity index (χ1) is 6.95. The van der Waals surface area contributed by atoms with Gasteiger partial charge in [0.1, 0.15) is 0 Å². The van der Waals surface area contributed by atoms with Crippen LogP contribution in [0.5, 0.6) is 0 Å². The Balaban J connectivity index is 0. The monoisotopic (exact) mass is 215 g/mol. The summed E-state index contributed by atoms with van der Waals surface area (Å²) in [6.45, 7) is 15.6. The molecule has 1 saturated heterocycles. The zero-order valence-corrected chi connectivity index (χ0v) is 11.6. The van der Waals surface area contributed by atoms with Crippen LogP contribution in [0.1, 0.15) is 61.3 Å². The zero-order valence-electron chi connectivity index (χ0n) is 11.6. The second kappa shape index (κ2) is 10.0. The van der Waals surface area contributed by atoms with Crippen molar-refractivity contribution in [3.63, 3.8) is 0 Å². The Morgan fingerprint density at radius 3 is 1.60 bits per heavy atom. The van der Waals surface area contributed by atoms with Crippen LogP contribution in [0.4, 0.5) is 0 Å². The SMILES string of the molecule is CC.CC(C)C.CC(C)N1CCCC1=O. The number of likely N-dealkylation sites (tertiary alicyclic amines) is 1. The highest BCUT2D eigenvalue weighted by Gasteiger charge is 2.21. The maximum Gasteiger partial charge on any atom is 0.222 e. The van der Waals surface area contributed by atoms with Crippen LogP contribution >= 0.6 is 0 Å². The van der Waals surface area contributed by atoms with Crippen molar-refractivity contribution >= 4 is 5.91 Å². The number of amides is 1. The minimum absolute atomic E-state index is 0.324. The number of rotatable bonds is 1. The third-order valence-electron chi connectivity index (χ3n) is 1.73. The van der Waals surface area contributed by atoms with Crippen LogP contribution in [-0.2, 0) is 4.79 Å². The molecule has 1 amide bonds. The largest absolute Gasteiger partial charge is 0.340 e. The lowest BCUT2D eigenvalue weighted by atomic mass is 10.3. The van der Waals surface area contributed by atoms with E-state index >= 15 is 0 Å². The van der Waals surface area contributed by atoms with Gasteiger partial charge in [0.15, 0.2) is 0 Å². The Morgan fingerprint density at radius 1 is 1.07 bits per heavy atom. The number of nitrogens with zero attached hydrogens (tertiary/aromatic N) is 1. The predicted molar refractivity (Wildman–Crippen MR) is 67.9 cm³/mol. The Kier molecular flexibility index (Phi) is 11.3. The van der Waals surface area contributed by atoms with Crippen LogP contribution in [0.25, 0.3) is 0 Å². The fraction of sp³-hybridized carbons (Fsp3) is 0.923. The maximum atomic E-state index is 10.9. The molecule has 0 N–H and O–H groups in total. The molecule has 0 bridgehead atoms. The topological polar surface area (TPSA) is 20.3 Å². The molecule has 0 unspecified atom stereocenters. The minimum atomic E-state index is 0.324. The second-order valence-corrected chi connectivity index (χ2v) is 4.52. The molecular formula is C13H29NO. The lowest BCUT2D eigenvalue weighted by Crippen LogP contribution is -2.31. The van der Waals surface area contributed by atoms with E-state index in [4.69, 9.17) is 0 Å². The van der Waals surface area contributed by atoms with E-state index in [0.717, 1.165) is 25.3 Å². The average Bonchev–Trinajstić information content (AvgIpc) is 2.54. The molecule has 1 rings (SSSR count). The van der Waals surface area contributed by atoms with Gasteiger partial charge in [0.05, 0.1) is 0 Å². The molecule has 0 spiro atoms. The third-order valence-corrected chi connectivity index (χ3v) is 1.73. The maximum absolute atomic E-state index is 10.9. The standard InChI is InChI=1S/C7H13NO.C4H10.C2H6/c1-6(2)8-5-3-4-7(8)9;1-4(2)3;1-2/h6H,3-5H2,1-2H3;4H,1-3H3;1-2H3. The van der Waals surface area contributed by atoms with E-state index in [-0.39, 0.29) is 0 Å². The van der Waals surface area contributed by atoms with Gasteiger partial charge in [-0.05, 0) is 26.2 Å². The van der Waals surface area contributed by atoms with Crippen LogP contribution in [-0.4, -0.2) is 23.4 Å². The molecule has 15 heavy (non-hydrogen) atoms. The molecule has 1 heterocycles. The smallest absolute Gasteiger partial charge is 0.222 e. The molecule has 1 fully saturated rings. The van der Waals surface area contributed by atoms with Gasteiger partial charge in [0.2, 0.25) is 5.91 Å². The van der Waals surface area contributed by atoms with E-state index < -0.39 is 0 Å². The molecule has 0 radical (unpaired) electrons. The highest BCUT2D eigenvalue weighted by atomic mass is 16.2. The van der Waals surface area contributed by atoms with Gasteiger partial charge in [0, 0.05) is 19.0 Å². The van der Waals surface area contributed by atoms with Gasteiger partial charge < -0.3 is 4.90 Å². The van der Waals surface area contributed by atoms with Crippen LogP contribution < -0.4 is 0 Å². The normalized spacial score (nSPS) is 14.7. The number of hydrogen-bond donors (Lipinski definition) is 0. The van der Waals surface area contributed by atoms with Crippen LogP contribution in [0.15, 0.2) is 0 Å². The molecule has 2 heteroatoms. The summed E-state index contributed by atoms with van der Waals surface area (Å²) < 4.78 is 0. The van der Waals surface area contributed by atoms with Gasteiger partial charge in [-0.25, -0.2) is 0 Å². The average molecular weight is 215 g/mol. The summed E-state index contributed by atoms with van der Waals surface area (Å²) in [5, 5.41) is 0. The van der Waals surface area contributed by atoms with Crippen LogP contribution in [0, 0.1) is 5.92 Å². The summed E-state index contributed by atoms with van der Waals surface area (Å²) in [6.07, 6.45) is 1.81. The molecule has 0 aliphatic carbocycles. The Morgan fingerprint density at radius 2 is 1.47 bits per heavy atom. The van der Waals surface area contributed by atoms with E-state index in [1.165, 1.54) is 0 Å². The predicted octanol–water partition coefficient (Wildman–Crippen LogP) is 3.71. The van der Waals surface area contributed by atoms with Gasteiger partial charge in [-0.1, -0.05) is 34.6 Å². The van der Waals surface area contributed by atoms with Gasteiger partial charge in [-0.15, -0.1) is 0 Å². The Hall–Kier alpha value is -0.530. The lowest BCUT2D eigenvalue weighted by Gasteiger charge is -2.19. The molecule has 0 aromatic heterocycles. The number of carbonyl (C=O) groups is 1. The van der Waals surface area contributed by atoms with Crippen molar-refractivity contribution in [3.05, 3.63) is 0 Å². The van der Waals surface area contributed by atoms with Crippen molar-refractivity contribution in [2.45, 2.75) is 67.3 Å². The molecule has 0 aromatic carbocycles. The molecular weight excluding hydrogens is 186 g/mol. The highest BCUT2D eigenvalue weighted by molar-refractivity contribution is 5.78. The van der Waals surface area contributed by atoms with E-state index in [1.807, 2.05) is 18.7 Å². The summed E-state index contributed by atoms with van der Waals surface area (Å²) >= 11 is 0. The molecule has 0 aromatic rings. The van der Waals surface area contributed by atoms with Crippen molar-refractivity contribution in [1.29, 1.82) is 0 Å². The summed E-state index contributed by atoms with van der Waals surface area (Å²) in [4.78, 5) is 12.9. The summed E-state index contributed by atoms with van der Waals surface area (Å²) in [5.74, 6) is 1.16. The van der Waals surface area contributed by atoms with Crippen molar-refractivity contribution in [3.8, 4) is 0 Å². The van der Waals surface area contributed by atoms with Crippen molar-refractivity contribution in [1.82, 2.24) is 4.90 Å². The van der Waals surface area contributed by atoms with E-state index in [9.17, 15) is 4.79 Å². The summed E-state index contributed by atoms with van der Waals surface area (Å²) in [5.41, 5.74) is 0. The van der Waals surface area contributed by atoms with E-state index in [2.05, 4.69) is 34.6 Å². The fourth-order valence-corrected chi connectivity index (χ4v) is 1.22. The molecule has 0 saturated carbocycles. The van der Waals surface area contributed by atoms with Crippen LogP contribution in [0.2, 0.25) is 0 Å². The van der Waals surface area contributed by atoms with Crippen molar-refractivity contribution in [2.24, 2.45) is 5.92 Å². The number of hydrogen-bond acceptors (Lipinski definition) is 1. The first-order valence-electron chi connectivity index (χ1n) is 6.24. The van der Waals surface area contributed by atoms with Gasteiger partial charge in [-0.2, -0.15) is 0 Å². The van der Waals surface area contributed by atoms with E-state index in [1.54, 1.807) is 0 Å². The third kappa shape index (κ3) is 9.77. The van der Waals surface area contributed by atoms with Crippen molar-refractivity contribution in [2.75, 3.05) is 6.54 Å². The van der Waals surface area contributed by atoms with E-state index in [0.29, 0.717) is 11.9 Å². The van der Waals surface area contributed by atoms with Crippen LogP contribution in [0.3, 0.4) is 0 Å². The summed E-state index contributed by atoms with van der Waals surface area (Å²) in [7, 11) is 0. The first-order valence-corrected chi connectivity index (χ1v) is 6.24. The molecule has 2 nitrogen and oxygen atoms in total. The zero-order chi connectivity index (χ0) is 12.4. The molecule has 1 aliphatic rings. The Labute approximate surface area is 96.0 Å². The highest BCUT2D eigenvalue weighted by Crippen LogP contribution is 2.12. The van der Waals surface area contributed by atoms with Crippen molar-refractivity contribution < 1.29 is 4.79 Å². The minimum Gasteiger partial charge on any atom is -0.340 e. The first kappa shape index (κ1) is 16.9. The molecule has 92 valence electrons. The Bertz CT molecular complexity index is 150. The second-order valence-electron chi connectivity index (χ2n) is 4.52. The van der Waals surface area contributed by atoms with Gasteiger partial charge >= 0.3 is 0 Å². The fourth-order valence-electron chi connectivity index (χ4n) is 1.22. The molecule has 0 atom stereocenters.